The number of carbonyl (C=O) groups is 1. The average Bonchev–Trinajstić information content (AvgIpc) is 2.84. The van der Waals surface area contributed by atoms with Gasteiger partial charge >= 0.3 is 6.61 Å². The molecule has 0 saturated heterocycles. The number of aliphatic imine (C=N–C) groups is 2. The maximum atomic E-state index is 15.2. The van der Waals surface area contributed by atoms with Crippen molar-refractivity contribution in [3.63, 3.8) is 0 Å². The molecule has 2 aromatic rings. The molecule has 9 nitrogen and oxygen atoms in total. The van der Waals surface area contributed by atoms with E-state index in [2.05, 4.69) is 31.9 Å². The first-order chi connectivity index (χ1) is 16.4. The Morgan fingerprint density at radius 3 is 2.21 bits per heavy atom. The quantitative estimate of drug-likeness (QED) is 0.243. The zero-order valence-electron chi connectivity index (χ0n) is 18.4. The van der Waals surface area contributed by atoms with Crippen LogP contribution in [0.1, 0.15) is 5.56 Å². The highest BCUT2D eigenvalue weighted by atomic mass is 19.3. The van der Waals surface area contributed by atoms with Crippen molar-refractivity contribution in [2.24, 2.45) is 15.1 Å². The Labute approximate surface area is 193 Å². The first-order valence-electron chi connectivity index (χ1n) is 9.52. The maximum absolute atomic E-state index is 15.2. The lowest BCUT2D eigenvalue weighted by molar-refractivity contribution is -0.114. The lowest BCUT2D eigenvalue weighted by Crippen LogP contribution is -2.29. The second-order valence-corrected chi connectivity index (χ2v) is 6.03. The lowest BCUT2D eigenvalue weighted by atomic mass is 10.1. The van der Waals surface area contributed by atoms with Gasteiger partial charge in [-0.1, -0.05) is 29.4 Å². The Hall–Kier alpha value is -4.35. The fourth-order valence-electron chi connectivity index (χ4n) is 2.54. The molecule has 0 aliphatic carbocycles. The van der Waals surface area contributed by atoms with Crippen LogP contribution in [0.3, 0.4) is 0 Å². The molecule has 180 valence electrons. The van der Waals surface area contributed by atoms with E-state index >= 15 is 4.39 Å². The number of ether oxygens (including phenoxy) is 3. The number of nitrogens with zero attached hydrogens (tertiary/aromatic N) is 3. The van der Waals surface area contributed by atoms with Crippen LogP contribution >= 0.6 is 0 Å². The summed E-state index contributed by atoms with van der Waals surface area (Å²) in [7, 11) is 3.85. The van der Waals surface area contributed by atoms with Crippen molar-refractivity contribution in [2.75, 3.05) is 21.2 Å². The number of alkyl halides is 2. The standard InChI is InChI=1S/C22H21F3N4O5/c1-26-19(30)18(29-31-4)13-9-5-6-10-14(13)32-20(27-2)17(23)21(28-3)33-15-11-7-8-12-16(15)34-22(24)25/h5-12,22H,2H2,1,3-4H3,(H,26,30)/b20-17-,28-21?,29-18-. The smallest absolute Gasteiger partial charge is 0.387 e. The number of hydrogen-bond donors (Lipinski definition) is 1. The van der Waals surface area contributed by atoms with Gasteiger partial charge in [0.25, 0.3) is 17.7 Å². The van der Waals surface area contributed by atoms with Crippen molar-refractivity contribution in [1.29, 1.82) is 0 Å². The number of carbonyl (C=O) groups excluding carboxylic acids is 1. The summed E-state index contributed by atoms with van der Waals surface area (Å²) in [5.74, 6) is -3.70. The fourth-order valence-corrected chi connectivity index (χ4v) is 2.54. The molecule has 0 fully saturated rings. The van der Waals surface area contributed by atoms with Crippen LogP contribution in [0.15, 0.2) is 75.4 Å². The molecule has 0 aliphatic heterocycles. The first-order valence-corrected chi connectivity index (χ1v) is 9.52. The largest absolute Gasteiger partial charge is 0.436 e. The molecule has 1 amide bonds. The zero-order chi connectivity index (χ0) is 25.1. The van der Waals surface area contributed by atoms with E-state index in [9.17, 15) is 13.6 Å². The van der Waals surface area contributed by atoms with E-state index in [1.54, 1.807) is 12.1 Å². The van der Waals surface area contributed by atoms with Crippen molar-refractivity contribution in [3.8, 4) is 17.2 Å². The Bertz CT molecular complexity index is 1120. The van der Waals surface area contributed by atoms with E-state index < -0.39 is 30.1 Å². The molecule has 34 heavy (non-hydrogen) atoms. The SMILES string of the molecule is C=N/C(Oc1ccccc1/C(=N/OC)C(=O)NC)=C(/F)C(=NC)Oc1ccccc1OC(F)F. The molecular formula is C22H21F3N4O5. The Morgan fingerprint density at radius 2 is 1.65 bits per heavy atom. The molecule has 0 saturated carbocycles. The normalized spacial score (nSPS) is 12.6. The van der Waals surface area contributed by atoms with Crippen molar-refractivity contribution < 1.29 is 37.0 Å². The second-order valence-electron chi connectivity index (χ2n) is 6.03. The maximum Gasteiger partial charge on any atom is 0.387 e. The Kier molecular flexibility index (Phi) is 9.62. The van der Waals surface area contributed by atoms with E-state index in [1.807, 2.05) is 0 Å². The van der Waals surface area contributed by atoms with Gasteiger partial charge in [0.1, 0.15) is 12.9 Å². The summed E-state index contributed by atoms with van der Waals surface area (Å²) >= 11 is 0. The summed E-state index contributed by atoms with van der Waals surface area (Å²) < 4.78 is 55.8. The van der Waals surface area contributed by atoms with Crippen LogP contribution in [0, 0.1) is 0 Å². The predicted molar refractivity (Wildman–Crippen MR) is 119 cm³/mol. The number of halogens is 3. The summed E-state index contributed by atoms with van der Waals surface area (Å²) in [6.07, 6.45) is 0. The number of rotatable bonds is 10. The van der Waals surface area contributed by atoms with Crippen LogP contribution < -0.4 is 19.5 Å². The molecule has 0 radical (unpaired) electrons. The van der Waals surface area contributed by atoms with Gasteiger partial charge in [-0.25, -0.2) is 4.99 Å². The fraction of sp³-hybridized carbons (Fsp3) is 0.182. The highest BCUT2D eigenvalue weighted by Crippen LogP contribution is 2.30. The lowest BCUT2D eigenvalue weighted by Gasteiger charge is -2.14. The molecule has 0 atom stereocenters. The number of likely N-dealkylation sites (N-methyl/N-ethyl adjacent to an activating group) is 1. The van der Waals surface area contributed by atoms with Crippen molar-refractivity contribution in [1.82, 2.24) is 5.32 Å². The van der Waals surface area contributed by atoms with E-state index in [4.69, 9.17) is 14.3 Å². The van der Waals surface area contributed by atoms with Gasteiger partial charge in [-0.3, -0.25) is 9.79 Å². The topological polar surface area (TPSA) is 103 Å². The molecule has 1 N–H and O–H groups in total. The first kappa shape index (κ1) is 25.9. The molecule has 0 bridgehead atoms. The molecule has 0 spiro atoms. The van der Waals surface area contributed by atoms with Crippen LogP contribution in [0.25, 0.3) is 0 Å². The van der Waals surface area contributed by atoms with E-state index in [1.165, 1.54) is 57.6 Å². The summed E-state index contributed by atoms with van der Waals surface area (Å²) in [5, 5.41) is 6.10. The molecule has 2 aromatic carbocycles. The van der Waals surface area contributed by atoms with Gasteiger partial charge in [0.05, 0.1) is 5.56 Å². The van der Waals surface area contributed by atoms with Gasteiger partial charge in [-0.15, -0.1) is 0 Å². The number of nitrogens with one attached hydrogen (secondary N) is 1. The number of oxime groups is 1. The molecule has 0 aromatic heterocycles. The van der Waals surface area contributed by atoms with Crippen molar-refractivity contribution >= 4 is 24.2 Å². The zero-order valence-corrected chi connectivity index (χ0v) is 18.4. The number of para-hydroxylation sites is 3. The van der Waals surface area contributed by atoms with Crippen LogP contribution in [0.4, 0.5) is 13.2 Å². The monoisotopic (exact) mass is 478 g/mol. The number of benzene rings is 2. The molecular weight excluding hydrogens is 457 g/mol. The summed E-state index contributed by atoms with van der Waals surface area (Å²) in [6, 6.07) is 11.5. The van der Waals surface area contributed by atoms with E-state index in [0.29, 0.717) is 0 Å². The van der Waals surface area contributed by atoms with Gasteiger partial charge in [0.15, 0.2) is 17.2 Å². The average molecular weight is 478 g/mol. The van der Waals surface area contributed by atoms with E-state index in [0.717, 1.165) is 0 Å². The molecule has 2 rings (SSSR count). The van der Waals surface area contributed by atoms with Crippen LogP contribution in [0.2, 0.25) is 0 Å². The third-order valence-corrected chi connectivity index (χ3v) is 3.97. The third kappa shape index (κ3) is 6.58. The predicted octanol–water partition coefficient (Wildman–Crippen LogP) is 3.71. The molecule has 0 unspecified atom stereocenters. The molecule has 0 heterocycles. The summed E-state index contributed by atoms with van der Waals surface area (Å²) in [5.41, 5.74) is 0.00682. The van der Waals surface area contributed by atoms with Gasteiger partial charge in [-0.05, 0) is 31.0 Å². The Balaban J connectivity index is 2.44. The highest BCUT2D eigenvalue weighted by molar-refractivity contribution is 6.45. The van der Waals surface area contributed by atoms with Crippen molar-refractivity contribution in [3.05, 3.63) is 65.8 Å². The van der Waals surface area contributed by atoms with Crippen LogP contribution in [-0.2, 0) is 9.63 Å². The van der Waals surface area contributed by atoms with Gasteiger partial charge in [0.2, 0.25) is 5.83 Å². The highest BCUT2D eigenvalue weighted by Gasteiger charge is 2.23. The third-order valence-electron chi connectivity index (χ3n) is 3.97. The van der Waals surface area contributed by atoms with Gasteiger partial charge in [-0.2, -0.15) is 13.2 Å². The minimum Gasteiger partial charge on any atom is -0.436 e. The number of amides is 1. The molecule has 0 aliphatic rings. The minimum atomic E-state index is -3.12. The molecule has 12 heteroatoms. The summed E-state index contributed by atoms with van der Waals surface area (Å²) in [6.45, 7) is 0.155. The van der Waals surface area contributed by atoms with Crippen LogP contribution in [0.5, 0.6) is 17.2 Å². The second kappa shape index (κ2) is 12.6. The van der Waals surface area contributed by atoms with Crippen LogP contribution in [-0.4, -0.2) is 52.1 Å². The van der Waals surface area contributed by atoms with E-state index in [-0.39, 0.29) is 28.5 Å². The Morgan fingerprint density at radius 1 is 1.03 bits per heavy atom. The van der Waals surface area contributed by atoms with Gasteiger partial charge in [0, 0.05) is 14.1 Å². The van der Waals surface area contributed by atoms with Gasteiger partial charge < -0.3 is 24.4 Å². The van der Waals surface area contributed by atoms with Crippen molar-refractivity contribution in [2.45, 2.75) is 6.61 Å². The minimum absolute atomic E-state index is 0.0173. The summed E-state index contributed by atoms with van der Waals surface area (Å²) in [4.78, 5) is 24.1. The number of hydrogen-bond acceptors (Lipinski definition) is 8.